The third kappa shape index (κ3) is 4.06. The number of para-hydroxylation sites is 1. The van der Waals surface area contributed by atoms with Gasteiger partial charge in [0.25, 0.3) is 5.56 Å². The largest absolute Gasteiger partial charge is 0.358 e. The minimum atomic E-state index is -0.128. The molecule has 0 aliphatic carbocycles. The van der Waals surface area contributed by atoms with Gasteiger partial charge in [-0.3, -0.25) is 14.2 Å². The molecule has 0 bridgehead atoms. The standard InChI is InChI=1S/C21H23N3O2S/c1-4-14(2)15-9-11-16(12-10-15)24-20(26)17-7-5-6-8-18(17)23-21(24)27-13-19(25)22-3/h5-12,14H,4,13H2,1-3H3,(H,22,25)/t14-/m1/s1. The van der Waals surface area contributed by atoms with Crippen molar-refractivity contribution in [3.05, 3.63) is 64.4 Å². The Bertz CT molecular complexity index is 1010. The molecule has 6 heteroatoms. The predicted octanol–water partition coefficient (Wildman–Crippen LogP) is 3.74. The minimum absolute atomic E-state index is 0.110. The van der Waals surface area contributed by atoms with E-state index < -0.39 is 0 Å². The number of amides is 1. The van der Waals surface area contributed by atoms with Crippen LogP contribution in [0.4, 0.5) is 0 Å². The van der Waals surface area contributed by atoms with Crippen LogP contribution in [-0.4, -0.2) is 28.3 Å². The summed E-state index contributed by atoms with van der Waals surface area (Å²) in [5.41, 5.74) is 2.50. The van der Waals surface area contributed by atoms with E-state index in [0.29, 0.717) is 22.0 Å². The van der Waals surface area contributed by atoms with Crippen molar-refractivity contribution < 1.29 is 4.79 Å². The van der Waals surface area contributed by atoms with Gasteiger partial charge in [0.1, 0.15) is 0 Å². The molecule has 27 heavy (non-hydrogen) atoms. The third-order valence-corrected chi connectivity index (χ3v) is 5.63. The summed E-state index contributed by atoms with van der Waals surface area (Å²) in [6, 6.07) is 15.3. The van der Waals surface area contributed by atoms with Crippen LogP contribution in [0.2, 0.25) is 0 Å². The van der Waals surface area contributed by atoms with Crippen molar-refractivity contribution in [2.75, 3.05) is 12.8 Å². The summed E-state index contributed by atoms with van der Waals surface area (Å²) in [4.78, 5) is 29.5. The quantitative estimate of drug-likeness (QED) is 0.522. The van der Waals surface area contributed by atoms with Gasteiger partial charge in [-0.25, -0.2) is 4.98 Å². The van der Waals surface area contributed by atoms with Crippen LogP contribution in [0.3, 0.4) is 0 Å². The summed E-state index contributed by atoms with van der Waals surface area (Å²) in [5.74, 6) is 0.556. The van der Waals surface area contributed by atoms with E-state index >= 15 is 0 Å². The maximum absolute atomic E-state index is 13.1. The van der Waals surface area contributed by atoms with Crippen molar-refractivity contribution in [3.63, 3.8) is 0 Å². The van der Waals surface area contributed by atoms with E-state index in [-0.39, 0.29) is 17.2 Å². The smallest absolute Gasteiger partial charge is 0.266 e. The van der Waals surface area contributed by atoms with Crippen molar-refractivity contribution in [2.24, 2.45) is 0 Å². The van der Waals surface area contributed by atoms with Crippen LogP contribution in [0.1, 0.15) is 31.7 Å². The van der Waals surface area contributed by atoms with Gasteiger partial charge in [0.05, 0.1) is 22.3 Å². The molecule has 3 aromatic rings. The first-order chi connectivity index (χ1) is 13.0. The SMILES string of the molecule is CC[C@@H](C)c1ccc(-n2c(SCC(=O)NC)nc3ccccc3c2=O)cc1. The van der Waals surface area contributed by atoms with Gasteiger partial charge in [0, 0.05) is 7.05 Å². The maximum Gasteiger partial charge on any atom is 0.266 e. The van der Waals surface area contributed by atoms with Crippen molar-refractivity contribution in [1.82, 2.24) is 14.9 Å². The molecule has 0 unspecified atom stereocenters. The zero-order valence-corrected chi connectivity index (χ0v) is 16.5. The molecule has 0 saturated heterocycles. The van der Waals surface area contributed by atoms with Gasteiger partial charge in [-0.15, -0.1) is 0 Å². The fourth-order valence-electron chi connectivity index (χ4n) is 2.83. The average Bonchev–Trinajstić information content (AvgIpc) is 2.71. The number of benzene rings is 2. The number of thioether (sulfide) groups is 1. The Morgan fingerprint density at radius 3 is 2.56 bits per heavy atom. The molecular formula is C21H23N3O2S. The van der Waals surface area contributed by atoms with Crippen LogP contribution in [0.25, 0.3) is 16.6 Å². The molecule has 0 fully saturated rings. The van der Waals surface area contributed by atoms with Crippen LogP contribution in [0.15, 0.2) is 58.5 Å². The molecule has 1 heterocycles. The van der Waals surface area contributed by atoms with E-state index in [1.165, 1.54) is 17.3 Å². The second kappa shape index (κ2) is 8.39. The highest BCUT2D eigenvalue weighted by molar-refractivity contribution is 7.99. The Labute approximate surface area is 162 Å². The maximum atomic E-state index is 13.1. The fourth-order valence-corrected chi connectivity index (χ4v) is 3.71. The fraction of sp³-hybridized carbons (Fsp3) is 0.286. The highest BCUT2D eigenvalue weighted by atomic mass is 32.2. The molecule has 1 N–H and O–H groups in total. The number of fused-ring (bicyclic) bond motifs is 1. The number of hydrogen-bond acceptors (Lipinski definition) is 4. The van der Waals surface area contributed by atoms with E-state index in [2.05, 4.69) is 36.3 Å². The van der Waals surface area contributed by atoms with Gasteiger partial charge in [-0.05, 0) is 42.2 Å². The van der Waals surface area contributed by atoms with E-state index in [1.807, 2.05) is 30.3 Å². The summed E-state index contributed by atoms with van der Waals surface area (Å²) in [5, 5.41) is 3.67. The lowest BCUT2D eigenvalue weighted by atomic mass is 9.98. The average molecular weight is 382 g/mol. The summed E-state index contributed by atoms with van der Waals surface area (Å²) < 4.78 is 1.59. The predicted molar refractivity (Wildman–Crippen MR) is 111 cm³/mol. The molecule has 140 valence electrons. The van der Waals surface area contributed by atoms with Crippen LogP contribution in [-0.2, 0) is 4.79 Å². The number of nitrogens with zero attached hydrogens (tertiary/aromatic N) is 2. The zero-order valence-electron chi connectivity index (χ0n) is 15.7. The molecule has 1 aromatic heterocycles. The molecule has 0 spiro atoms. The molecule has 0 aliphatic rings. The molecule has 3 rings (SSSR count). The number of carbonyl (C=O) groups excluding carboxylic acids is 1. The van der Waals surface area contributed by atoms with E-state index in [4.69, 9.17) is 0 Å². The number of rotatable bonds is 6. The van der Waals surface area contributed by atoms with Gasteiger partial charge < -0.3 is 5.32 Å². The van der Waals surface area contributed by atoms with Crippen molar-refractivity contribution >= 4 is 28.6 Å². The number of carbonyl (C=O) groups is 1. The Morgan fingerprint density at radius 2 is 1.89 bits per heavy atom. The normalized spacial score (nSPS) is 12.1. The summed E-state index contributed by atoms with van der Waals surface area (Å²) >= 11 is 1.26. The van der Waals surface area contributed by atoms with Crippen molar-refractivity contribution in [2.45, 2.75) is 31.3 Å². The highest BCUT2D eigenvalue weighted by Gasteiger charge is 2.15. The number of aromatic nitrogens is 2. The molecule has 1 amide bonds. The van der Waals surface area contributed by atoms with Crippen LogP contribution in [0.5, 0.6) is 0 Å². The second-order valence-corrected chi connectivity index (χ2v) is 7.36. The van der Waals surface area contributed by atoms with E-state index in [1.54, 1.807) is 17.7 Å². The number of hydrogen-bond donors (Lipinski definition) is 1. The van der Waals surface area contributed by atoms with Crippen LogP contribution >= 0.6 is 11.8 Å². The van der Waals surface area contributed by atoms with Crippen molar-refractivity contribution in [3.8, 4) is 5.69 Å². The lowest BCUT2D eigenvalue weighted by Crippen LogP contribution is -2.24. The lowest BCUT2D eigenvalue weighted by Gasteiger charge is -2.14. The van der Waals surface area contributed by atoms with Gasteiger partial charge >= 0.3 is 0 Å². The monoisotopic (exact) mass is 381 g/mol. The third-order valence-electron chi connectivity index (χ3n) is 4.69. The van der Waals surface area contributed by atoms with Gasteiger partial charge in [0.2, 0.25) is 5.91 Å². The first-order valence-corrected chi connectivity index (χ1v) is 9.99. The Hall–Kier alpha value is -2.60. The summed E-state index contributed by atoms with van der Waals surface area (Å²) in [6.07, 6.45) is 1.06. The Balaban J connectivity index is 2.12. The summed E-state index contributed by atoms with van der Waals surface area (Å²) in [7, 11) is 1.59. The zero-order chi connectivity index (χ0) is 19.4. The van der Waals surface area contributed by atoms with E-state index in [9.17, 15) is 9.59 Å². The Morgan fingerprint density at radius 1 is 1.19 bits per heavy atom. The lowest BCUT2D eigenvalue weighted by molar-refractivity contribution is -0.118. The van der Waals surface area contributed by atoms with Gasteiger partial charge in [0.15, 0.2) is 5.16 Å². The molecule has 5 nitrogen and oxygen atoms in total. The molecular weight excluding hydrogens is 358 g/mol. The second-order valence-electron chi connectivity index (χ2n) is 6.41. The molecule has 0 radical (unpaired) electrons. The van der Waals surface area contributed by atoms with E-state index in [0.717, 1.165) is 12.1 Å². The van der Waals surface area contributed by atoms with Crippen molar-refractivity contribution in [1.29, 1.82) is 0 Å². The van der Waals surface area contributed by atoms with Crippen LogP contribution < -0.4 is 10.9 Å². The van der Waals surface area contributed by atoms with Gasteiger partial charge in [-0.1, -0.05) is 49.9 Å². The molecule has 1 atom stereocenters. The summed E-state index contributed by atoms with van der Waals surface area (Å²) in [6.45, 7) is 4.34. The molecule has 0 aliphatic heterocycles. The van der Waals surface area contributed by atoms with Gasteiger partial charge in [-0.2, -0.15) is 0 Å². The minimum Gasteiger partial charge on any atom is -0.358 e. The first-order valence-electron chi connectivity index (χ1n) is 9.00. The molecule has 2 aromatic carbocycles. The topological polar surface area (TPSA) is 64.0 Å². The molecule has 0 saturated carbocycles. The first kappa shape index (κ1) is 19.2. The van der Waals surface area contributed by atoms with Crippen LogP contribution in [0, 0.1) is 0 Å². The number of nitrogens with one attached hydrogen (secondary N) is 1. The Kier molecular flexibility index (Phi) is 5.96. The highest BCUT2D eigenvalue weighted by Crippen LogP contribution is 2.24.